The van der Waals surface area contributed by atoms with Crippen LogP contribution in [0.25, 0.3) is 0 Å². The Morgan fingerprint density at radius 3 is 2.56 bits per heavy atom. The van der Waals surface area contributed by atoms with Crippen LogP contribution in [0.15, 0.2) is 18.2 Å². The molecule has 0 saturated carbocycles. The molecule has 0 aromatic heterocycles. The van der Waals surface area contributed by atoms with Gasteiger partial charge in [-0.3, -0.25) is 4.79 Å². The first-order valence-corrected chi connectivity index (χ1v) is 8.83. The molecule has 1 aromatic rings. The molecule has 0 saturated heterocycles. The molecular weight excluding hydrogens is 352 g/mol. The molecule has 0 aliphatic carbocycles. The standard InChI is InChI=1S/C17H20O7.C3H8/c1-9(16(20)23-3)12(18)6-4-5-11-13(22-2)7-10-8-24-17(21)14(10)15(11)19;1-3-2/h4,6-7,9,12,18-19H,5,8H2,1-3H3;3H2,1-2H3/b6-4+;. The topological polar surface area (TPSA) is 102 Å². The van der Waals surface area contributed by atoms with Crippen molar-refractivity contribution in [3.8, 4) is 11.5 Å². The summed E-state index contributed by atoms with van der Waals surface area (Å²) in [5.74, 6) is -1.57. The third kappa shape index (κ3) is 5.47. The van der Waals surface area contributed by atoms with Gasteiger partial charge in [-0.2, -0.15) is 0 Å². The van der Waals surface area contributed by atoms with Gasteiger partial charge >= 0.3 is 11.9 Å². The molecule has 2 rings (SSSR count). The lowest BCUT2D eigenvalue weighted by Crippen LogP contribution is -2.24. The molecular formula is C20H28O7. The molecule has 1 aromatic carbocycles. The van der Waals surface area contributed by atoms with Crippen LogP contribution in [0.5, 0.6) is 11.5 Å². The molecule has 0 amide bonds. The van der Waals surface area contributed by atoms with E-state index < -0.39 is 24.0 Å². The molecule has 0 fully saturated rings. The lowest BCUT2D eigenvalue weighted by molar-refractivity contribution is -0.147. The van der Waals surface area contributed by atoms with Crippen molar-refractivity contribution in [3.05, 3.63) is 34.9 Å². The lowest BCUT2D eigenvalue weighted by atomic mass is 9.99. The van der Waals surface area contributed by atoms with Crippen molar-refractivity contribution in [1.82, 2.24) is 0 Å². The van der Waals surface area contributed by atoms with Gasteiger partial charge in [0.05, 0.1) is 26.2 Å². The van der Waals surface area contributed by atoms with Gasteiger partial charge in [0.15, 0.2) is 0 Å². The highest BCUT2D eigenvalue weighted by Crippen LogP contribution is 2.38. The van der Waals surface area contributed by atoms with Crippen LogP contribution in [0.1, 0.15) is 48.7 Å². The van der Waals surface area contributed by atoms with E-state index >= 15 is 0 Å². The predicted molar refractivity (Wildman–Crippen MR) is 99.8 cm³/mol. The van der Waals surface area contributed by atoms with Gasteiger partial charge in [0.25, 0.3) is 0 Å². The Morgan fingerprint density at radius 2 is 2.00 bits per heavy atom. The maximum atomic E-state index is 11.7. The molecule has 1 aliphatic rings. The summed E-state index contributed by atoms with van der Waals surface area (Å²) in [7, 11) is 2.71. The number of esters is 2. The zero-order valence-electron chi connectivity index (χ0n) is 16.4. The number of phenols is 1. The number of hydrogen-bond acceptors (Lipinski definition) is 7. The number of cyclic esters (lactones) is 1. The van der Waals surface area contributed by atoms with Crippen molar-refractivity contribution in [2.24, 2.45) is 5.92 Å². The Morgan fingerprint density at radius 1 is 1.37 bits per heavy atom. The number of aliphatic hydroxyl groups excluding tert-OH is 1. The van der Waals surface area contributed by atoms with Crippen molar-refractivity contribution in [2.75, 3.05) is 14.2 Å². The molecule has 150 valence electrons. The Kier molecular flexibility index (Phi) is 8.81. The number of fused-ring (bicyclic) bond motifs is 1. The molecule has 0 bridgehead atoms. The van der Waals surface area contributed by atoms with Crippen molar-refractivity contribution < 1.29 is 34.0 Å². The second kappa shape index (κ2) is 10.6. The van der Waals surface area contributed by atoms with Crippen molar-refractivity contribution in [2.45, 2.75) is 46.3 Å². The van der Waals surface area contributed by atoms with Crippen LogP contribution in [-0.2, 0) is 27.3 Å². The molecule has 0 spiro atoms. The quantitative estimate of drug-likeness (QED) is 0.578. The normalized spacial score (nSPS) is 14.7. The van der Waals surface area contributed by atoms with E-state index in [2.05, 4.69) is 18.6 Å². The van der Waals surface area contributed by atoms with E-state index in [0.717, 1.165) is 0 Å². The number of methoxy groups -OCH3 is 2. The first-order chi connectivity index (χ1) is 12.8. The molecule has 0 radical (unpaired) electrons. The minimum absolute atomic E-state index is 0.101. The maximum Gasteiger partial charge on any atom is 0.342 e. The van der Waals surface area contributed by atoms with E-state index in [9.17, 15) is 19.8 Å². The van der Waals surface area contributed by atoms with Crippen molar-refractivity contribution >= 4 is 11.9 Å². The third-order valence-corrected chi connectivity index (χ3v) is 3.97. The van der Waals surface area contributed by atoms with Gasteiger partial charge in [0, 0.05) is 11.1 Å². The molecule has 2 unspecified atom stereocenters. The molecule has 7 heteroatoms. The molecule has 1 heterocycles. The van der Waals surface area contributed by atoms with E-state index in [1.54, 1.807) is 19.1 Å². The number of ether oxygens (including phenoxy) is 3. The average molecular weight is 380 g/mol. The van der Waals surface area contributed by atoms with Crippen LogP contribution >= 0.6 is 0 Å². The fourth-order valence-electron chi connectivity index (χ4n) is 2.49. The number of hydrogen-bond donors (Lipinski definition) is 2. The molecule has 1 aliphatic heterocycles. The number of benzene rings is 1. The Labute approximate surface area is 159 Å². The lowest BCUT2D eigenvalue weighted by Gasteiger charge is -2.14. The van der Waals surface area contributed by atoms with Crippen LogP contribution in [-0.4, -0.2) is 42.5 Å². The highest BCUT2D eigenvalue weighted by molar-refractivity contribution is 5.97. The smallest absolute Gasteiger partial charge is 0.342 e. The second-order valence-electron chi connectivity index (χ2n) is 6.16. The summed E-state index contributed by atoms with van der Waals surface area (Å²) in [5, 5.41) is 20.3. The SMILES string of the molecule is CCC.COC(=O)C(C)C(O)/C=C/Cc1c(OC)cc2c(c1O)C(=O)OC2. The average Bonchev–Trinajstić information content (AvgIpc) is 3.03. The van der Waals surface area contributed by atoms with Gasteiger partial charge in [0.1, 0.15) is 23.7 Å². The van der Waals surface area contributed by atoms with Crippen LogP contribution in [0, 0.1) is 5.92 Å². The zero-order valence-corrected chi connectivity index (χ0v) is 16.4. The monoisotopic (exact) mass is 380 g/mol. The minimum atomic E-state index is -1.02. The van der Waals surface area contributed by atoms with Gasteiger partial charge < -0.3 is 24.4 Å². The number of allylic oxidation sites excluding steroid dienone is 1. The summed E-state index contributed by atoms with van der Waals surface area (Å²) >= 11 is 0. The van der Waals surface area contributed by atoms with Crippen LogP contribution in [0.3, 0.4) is 0 Å². The summed E-state index contributed by atoms with van der Waals surface area (Å²) in [4.78, 5) is 23.1. The fourth-order valence-corrected chi connectivity index (χ4v) is 2.49. The van der Waals surface area contributed by atoms with Crippen LogP contribution < -0.4 is 4.74 Å². The van der Waals surface area contributed by atoms with E-state index in [-0.39, 0.29) is 24.3 Å². The largest absolute Gasteiger partial charge is 0.507 e. The number of aliphatic hydroxyl groups is 1. The summed E-state index contributed by atoms with van der Waals surface area (Å²) in [6, 6.07) is 1.65. The predicted octanol–water partition coefficient (Wildman–Crippen LogP) is 2.76. The van der Waals surface area contributed by atoms with Gasteiger partial charge in [-0.1, -0.05) is 32.4 Å². The molecule has 2 N–H and O–H groups in total. The molecule has 27 heavy (non-hydrogen) atoms. The van der Waals surface area contributed by atoms with E-state index in [4.69, 9.17) is 9.47 Å². The Balaban J connectivity index is 0.00000114. The number of aromatic hydroxyl groups is 1. The van der Waals surface area contributed by atoms with E-state index in [1.807, 2.05) is 0 Å². The van der Waals surface area contributed by atoms with Gasteiger partial charge in [0.2, 0.25) is 0 Å². The fraction of sp³-hybridized carbons (Fsp3) is 0.500. The summed E-state index contributed by atoms with van der Waals surface area (Å²) in [6.07, 6.45) is 3.46. The molecule has 2 atom stereocenters. The van der Waals surface area contributed by atoms with E-state index in [1.165, 1.54) is 26.7 Å². The van der Waals surface area contributed by atoms with Crippen LogP contribution in [0.2, 0.25) is 0 Å². The second-order valence-corrected chi connectivity index (χ2v) is 6.16. The Bertz CT molecular complexity index is 694. The first kappa shape index (κ1) is 22.5. The van der Waals surface area contributed by atoms with E-state index in [0.29, 0.717) is 16.9 Å². The highest BCUT2D eigenvalue weighted by Gasteiger charge is 2.29. The zero-order chi connectivity index (χ0) is 20.6. The number of rotatable bonds is 6. The first-order valence-electron chi connectivity index (χ1n) is 8.83. The summed E-state index contributed by atoms with van der Waals surface area (Å²) in [6.45, 7) is 5.90. The number of carbonyl (C=O) groups excluding carboxylic acids is 2. The Hall–Kier alpha value is -2.54. The summed E-state index contributed by atoms with van der Waals surface area (Å²) < 4.78 is 14.7. The molecule has 7 nitrogen and oxygen atoms in total. The highest BCUT2D eigenvalue weighted by atomic mass is 16.5. The number of phenolic OH excluding ortho intramolecular Hbond substituents is 1. The van der Waals surface area contributed by atoms with Gasteiger partial charge in [-0.05, 0) is 19.4 Å². The van der Waals surface area contributed by atoms with Gasteiger partial charge in [-0.15, -0.1) is 0 Å². The van der Waals surface area contributed by atoms with Crippen molar-refractivity contribution in [1.29, 1.82) is 0 Å². The van der Waals surface area contributed by atoms with Crippen molar-refractivity contribution in [3.63, 3.8) is 0 Å². The number of carbonyl (C=O) groups is 2. The van der Waals surface area contributed by atoms with Gasteiger partial charge in [-0.25, -0.2) is 4.79 Å². The minimum Gasteiger partial charge on any atom is -0.507 e. The summed E-state index contributed by atoms with van der Waals surface area (Å²) in [5.41, 5.74) is 1.12. The third-order valence-electron chi connectivity index (χ3n) is 3.97. The van der Waals surface area contributed by atoms with Crippen LogP contribution in [0.4, 0.5) is 0 Å². The maximum absolute atomic E-state index is 11.7.